The molecular formula is C25H23ClN6O2. The highest BCUT2D eigenvalue weighted by atomic mass is 35.5. The molecule has 2 aliphatic heterocycles. The lowest BCUT2D eigenvalue weighted by Gasteiger charge is -2.32. The number of pyridine rings is 1. The van der Waals surface area contributed by atoms with Crippen molar-refractivity contribution in [1.29, 1.82) is 0 Å². The summed E-state index contributed by atoms with van der Waals surface area (Å²) in [4.78, 5) is 19.7. The first-order valence-electron chi connectivity index (χ1n) is 11.3. The maximum absolute atomic E-state index is 11.5. The lowest BCUT2D eigenvalue weighted by Crippen LogP contribution is -2.48. The minimum absolute atomic E-state index is 0.0140. The zero-order chi connectivity index (χ0) is 23.2. The molecule has 2 aliphatic rings. The molecule has 0 saturated carbocycles. The molecule has 0 radical (unpaired) electrons. The standard InChI is InChI=1S/C25H23ClN6O2/c26-20-7-4-8-21-23(20)24(30-14-19-11-18(30)15-31(19)25(33)34)29-32(21)17-9-10-27-22(12-17)28-13-16-5-2-1-3-6-16/h1-10,12,18-19H,11,13-15H2,(H,27,28)(H,33,34)/t18-,19-/m0/s1. The molecule has 2 fully saturated rings. The van der Waals surface area contributed by atoms with E-state index >= 15 is 0 Å². The van der Waals surface area contributed by atoms with Gasteiger partial charge >= 0.3 is 6.09 Å². The summed E-state index contributed by atoms with van der Waals surface area (Å²) in [5.74, 6) is 1.56. The van der Waals surface area contributed by atoms with Gasteiger partial charge in [0, 0.05) is 31.9 Å². The van der Waals surface area contributed by atoms with E-state index in [-0.39, 0.29) is 12.1 Å². The molecule has 2 aromatic heterocycles. The molecule has 172 valence electrons. The van der Waals surface area contributed by atoms with Crippen LogP contribution in [0.2, 0.25) is 5.02 Å². The van der Waals surface area contributed by atoms with Gasteiger partial charge in [-0.1, -0.05) is 48.0 Å². The van der Waals surface area contributed by atoms with E-state index in [0.29, 0.717) is 24.7 Å². The van der Waals surface area contributed by atoms with Crippen LogP contribution in [0.1, 0.15) is 12.0 Å². The molecule has 2 bridgehead atoms. The van der Waals surface area contributed by atoms with Crippen LogP contribution < -0.4 is 10.2 Å². The number of benzene rings is 2. The Labute approximate surface area is 201 Å². The van der Waals surface area contributed by atoms with Crippen molar-refractivity contribution in [2.24, 2.45) is 0 Å². The van der Waals surface area contributed by atoms with Gasteiger partial charge in [-0.2, -0.15) is 0 Å². The van der Waals surface area contributed by atoms with Crippen LogP contribution in [-0.2, 0) is 6.54 Å². The van der Waals surface area contributed by atoms with E-state index in [1.165, 1.54) is 10.5 Å². The number of amides is 1. The maximum Gasteiger partial charge on any atom is 0.407 e. The van der Waals surface area contributed by atoms with Gasteiger partial charge in [0.2, 0.25) is 0 Å². The largest absolute Gasteiger partial charge is 0.465 e. The zero-order valence-corrected chi connectivity index (χ0v) is 19.1. The third-order valence-corrected chi connectivity index (χ3v) is 7.02. The van der Waals surface area contributed by atoms with Crippen LogP contribution in [0, 0.1) is 0 Å². The molecule has 4 heterocycles. The zero-order valence-electron chi connectivity index (χ0n) is 18.3. The Kier molecular flexibility index (Phi) is 5.03. The number of carbonyl (C=O) groups is 1. The Bertz CT molecular complexity index is 1370. The molecule has 8 nitrogen and oxygen atoms in total. The number of halogens is 1. The molecule has 0 spiro atoms. The Morgan fingerprint density at radius 3 is 2.71 bits per heavy atom. The first kappa shape index (κ1) is 20.8. The number of likely N-dealkylation sites (tertiary alicyclic amines) is 1. The normalized spacial score (nSPS) is 19.2. The minimum Gasteiger partial charge on any atom is -0.465 e. The lowest BCUT2D eigenvalue weighted by molar-refractivity contribution is 0.137. The molecule has 0 aliphatic carbocycles. The molecule has 6 rings (SSSR count). The molecule has 0 unspecified atom stereocenters. The van der Waals surface area contributed by atoms with Crippen LogP contribution in [-0.4, -0.2) is 56.0 Å². The Hall–Kier alpha value is -3.78. The van der Waals surface area contributed by atoms with Crippen LogP contribution in [0.4, 0.5) is 16.4 Å². The van der Waals surface area contributed by atoms with Gasteiger partial charge in [0.1, 0.15) is 5.82 Å². The second-order valence-corrected chi connectivity index (χ2v) is 9.15. The molecule has 34 heavy (non-hydrogen) atoms. The number of nitrogens with zero attached hydrogens (tertiary/aromatic N) is 5. The van der Waals surface area contributed by atoms with Crippen molar-refractivity contribution in [2.45, 2.75) is 25.0 Å². The Morgan fingerprint density at radius 2 is 1.94 bits per heavy atom. The number of fused-ring (bicyclic) bond motifs is 3. The van der Waals surface area contributed by atoms with Crippen molar-refractivity contribution in [3.8, 4) is 5.69 Å². The first-order valence-corrected chi connectivity index (χ1v) is 11.6. The second-order valence-electron chi connectivity index (χ2n) is 8.74. The van der Waals surface area contributed by atoms with Crippen LogP contribution in [0.15, 0.2) is 66.9 Å². The van der Waals surface area contributed by atoms with Crippen LogP contribution >= 0.6 is 11.6 Å². The summed E-state index contributed by atoms with van der Waals surface area (Å²) >= 11 is 6.66. The highest BCUT2D eigenvalue weighted by Gasteiger charge is 2.46. The second kappa shape index (κ2) is 8.22. The molecule has 9 heteroatoms. The van der Waals surface area contributed by atoms with Crippen molar-refractivity contribution in [3.05, 3.63) is 77.4 Å². The molecule has 2 atom stereocenters. The summed E-state index contributed by atoms with van der Waals surface area (Å²) in [7, 11) is 0. The van der Waals surface area contributed by atoms with Crippen molar-refractivity contribution < 1.29 is 9.90 Å². The van der Waals surface area contributed by atoms with Crippen molar-refractivity contribution in [3.63, 3.8) is 0 Å². The van der Waals surface area contributed by atoms with Gasteiger partial charge in [-0.25, -0.2) is 14.5 Å². The summed E-state index contributed by atoms with van der Waals surface area (Å²) in [5.41, 5.74) is 2.95. The lowest BCUT2D eigenvalue weighted by atomic mass is 10.2. The number of aromatic nitrogens is 3. The fourth-order valence-corrected chi connectivity index (χ4v) is 5.36. The number of piperazine rings is 1. The number of carboxylic acid groups (broad SMARTS) is 1. The molecule has 2 N–H and O–H groups in total. The van der Waals surface area contributed by atoms with Crippen LogP contribution in [0.25, 0.3) is 16.6 Å². The predicted octanol–water partition coefficient (Wildman–Crippen LogP) is 4.63. The van der Waals surface area contributed by atoms with Crippen LogP contribution in [0.3, 0.4) is 0 Å². The minimum atomic E-state index is -0.854. The SMILES string of the molecule is O=C(O)N1C[C@@H]2C[C@H]1CN2c1nn(-c2ccnc(NCc3ccccc3)c2)c2cccc(Cl)c12. The average Bonchev–Trinajstić information content (AvgIpc) is 3.57. The third-order valence-electron chi connectivity index (χ3n) is 6.70. The number of hydrogen-bond donors (Lipinski definition) is 2. The van der Waals surface area contributed by atoms with Gasteiger partial charge in [-0.3, -0.25) is 0 Å². The van der Waals surface area contributed by atoms with E-state index in [4.69, 9.17) is 16.7 Å². The van der Waals surface area contributed by atoms with Crippen molar-refractivity contribution >= 4 is 40.2 Å². The summed E-state index contributed by atoms with van der Waals surface area (Å²) < 4.78 is 1.90. The maximum atomic E-state index is 11.5. The molecule has 4 aromatic rings. The summed E-state index contributed by atoms with van der Waals surface area (Å²) in [6.45, 7) is 1.78. The van der Waals surface area contributed by atoms with E-state index in [1.54, 1.807) is 6.20 Å². The number of hydrogen-bond acceptors (Lipinski definition) is 5. The summed E-state index contributed by atoms with van der Waals surface area (Å²) in [6.07, 6.45) is 1.73. The van der Waals surface area contributed by atoms with Gasteiger partial charge in [0.25, 0.3) is 0 Å². The molecule has 2 aromatic carbocycles. The number of nitrogens with one attached hydrogen (secondary N) is 1. The predicted molar refractivity (Wildman–Crippen MR) is 132 cm³/mol. The van der Waals surface area contributed by atoms with E-state index in [1.807, 2.05) is 53.2 Å². The fourth-order valence-electron chi connectivity index (χ4n) is 5.10. The summed E-state index contributed by atoms with van der Waals surface area (Å²) in [6, 6.07) is 20.0. The topological polar surface area (TPSA) is 86.5 Å². The quantitative estimate of drug-likeness (QED) is 0.438. The molecule has 2 saturated heterocycles. The van der Waals surface area contributed by atoms with E-state index in [0.717, 1.165) is 34.6 Å². The molecule has 1 amide bonds. The monoisotopic (exact) mass is 474 g/mol. The van der Waals surface area contributed by atoms with E-state index in [9.17, 15) is 9.90 Å². The van der Waals surface area contributed by atoms with Gasteiger partial charge in [-0.15, -0.1) is 5.10 Å². The first-order chi connectivity index (χ1) is 16.6. The highest BCUT2D eigenvalue weighted by molar-refractivity contribution is 6.36. The summed E-state index contributed by atoms with van der Waals surface area (Å²) in [5, 5.41) is 19.3. The number of anilines is 2. The van der Waals surface area contributed by atoms with Crippen LogP contribution in [0.5, 0.6) is 0 Å². The van der Waals surface area contributed by atoms with Gasteiger partial charge in [0.05, 0.1) is 33.7 Å². The van der Waals surface area contributed by atoms with Gasteiger partial charge < -0.3 is 20.2 Å². The van der Waals surface area contributed by atoms with E-state index < -0.39 is 6.09 Å². The Balaban J connectivity index is 1.35. The number of rotatable bonds is 5. The van der Waals surface area contributed by atoms with Crippen molar-refractivity contribution in [1.82, 2.24) is 19.7 Å². The average molecular weight is 475 g/mol. The fraction of sp³-hybridized carbons (Fsp3) is 0.240. The van der Waals surface area contributed by atoms with E-state index in [2.05, 4.69) is 27.3 Å². The highest BCUT2D eigenvalue weighted by Crippen LogP contribution is 2.40. The Morgan fingerprint density at radius 1 is 1.09 bits per heavy atom. The van der Waals surface area contributed by atoms with Gasteiger partial charge in [0.15, 0.2) is 5.82 Å². The third kappa shape index (κ3) is 3.51. The smallest absolute Gasteiger partial charge is 0.407 e. The van der Waals surface area contributed by atoms with Crippen molar-refractivity contribution in [2.75, 3.05) is 23.3 Å². The van der Waals surface area contributed by atoms with Gasteiger partial charge in [-0.05, 0) is 30.2 Å². The molecular weight excluding hydrogens is 452 g/mol.